The average molecular weight is 460 g/mol. The zero-order valence-corrected chi connectivity index (χ0v) is 18.6. The number of amidine groups is 1. The molecule has 1 unspecified atom stereocenters. The van der Waals surface area contributed by atoms with Gasteiger partial charge in [-0.25, -0.2) is 9.59 Å². The zero-order valence-electron chi connectivity index (χ0n) is 17.7. The molecule has 4 amide bonds. The van der Waals surface area contributed by atoms with Crippen LogP contribution in [-0.4, -0.2) is 44.4 Å². The number of hydrogen-bond donors (Lipinski definition) is 4. The second-order valence-corrected chi connectivity index (χ2v) is 9.46. The van der Waals surface area contributed by atoms with Crippen LogP contribution in [0.1, 0.15) is 24.5 Å². The number of carbonyl (C=O) groups excluding carboxylic acids is 2. The number of benzene rings is 2. The molecule has 0 saturated carbocycles. The molecular weight excluding hydrogens is 435 g/mol. The third kappa shape index (κ3) is 6.24. The van der Waals surface area contributed by atoms with Crippen molar-refractivity contribution >= 4 is 31.2 Å². The minimum Gasteiger partial charge on any atom is -0.324 e. The number of carbonyl (C=O) groups is 2. The summed E-state index contributed by atoms with van der Waals surface area (Å²) in [5.74, 6) is -0.0866. The number of hydrogen-bond acceptors (Lipinski definition) is 4. The summed E-state index contributed by atoms with van der Waals surface area (Å²) in [6.07, 6.45) is -0.653. The Morgan fingerprint density at radius 2 is 1.84 bits per heavy atom. The first-order valence-electron chi connectivity index (χ1n) is 9.86. The number of hydroxylamine groups is 2. The third-order valence-electron chi connectivity index (χ3n) is 4.87. The van der Waals surface area contributed by atoms with Crippen molar-refractivity contribution in [3.63, 3.8) is 0 Å². The van der Waals surface area contributed by atoms with Crippen LogP contribution in [0.4, 0.5) is 15.3 Å². The van der Waals surface area contributed by atoms with Gasteiger partial charge in [-0.1, -0.05) is 48.0 Å². The van der Waals surface area contributed by atoms with Crippen LogP contribution in [-0.2, 0) is 16.0 Å². The molecule has 170 valence electrons. The number of rotatable bonds is 7. The van der Waals surface area contributed by atoms with Gasteiger partial charge in [-0.15, -0.1) is 0 Å². The van der Waals surface area contributed by atoms with Gasteiger partial charge < -0.3 is 20.4 Å². The van der Waals surface area contributed by atoms with Crippen molar-refractivity contribution in [1.82, 2.24) is 10.4 Å². The van der Waals surface area contributed by atoms with Crippen LogP contribution >= 0.6 is 7.60 Å². The summed E-state index contributed by atoms with van der Waals surface area (Å²) in [7, 11) is -4.35. The lowest BCUT2D eigenvalue weighted by Gasteiger charge is -2.25. The highest BCUT2D eigenvalue weighted by Crippen LogP contribution is 2.38. The fourth-order valence-electron chi connectivity index (χ4n) is 3.09. The molecule has 1 aliphatic heterocycles. The van der Waals surface area contributed by atoms with Gasteiger partial charge in [-0.3, -0.25) is 9.40 Å². The SMILES string of the molecule is Cc1ccc(CON2C(=O)NC(C)(CCP(=O)(O)O)C2=NC(=O)Nc2ccccc2)cc1. The molecule has 3 rings (SSSR count). The van der Waals surface area contributed by atoms with Gasteiger partial charge in [0.05, 0.1) is 6.16 Å². The van der Waals surface area contributed by atoms with Gasteiger partial charge in [-0.2, -0.15) is 10.1 Å². The second kappa shape index (κ2) is 9.62. The molecule has 0 aromatic heterocycles. The Morgan fingerprint density at radius 1 is 1.19 bits per heavy atom. The summed E-state index contributed by atoms with van der Waals surface area (Å²) in [5, 5.41) is 6.08. The van der Waals surface area contributed by atoms with Crippen molar-refractivity contribution in [3.8, 4) is 0 Å². The number of aryl methyl sites for hydroxylation is 1. The monoisotopic (exact) mass is 460 g/mol. The summed E-state index contributed by atoms with van der Waals surface area (Å²) < 4.78 is 11.4. The van der Waals surface area contributed by atoms with E-state index < -0.39 is 31.4 Å². The lowest BCUT2D eigenvalue weighted by atomic mass is 9.99. The number of urea groups is 2. The largest absolute Gasteiger partial charge is 0.348 e. The van der Waals surface area contributed by atoms with Crippen molar-refractivity contribution < 1.29 is 28.8 Å². The van der Waals surface area contributed by atoms with Crippen molar-refractivity contribution in [2.75, 3.05) is 11.5 Å². The number of nitrogens with zero attached hydrogens (tertiary/aromatic N) is 2. The highest BCUT2D eigenvalue weighted by molar-refractivity contribution is 7.51. The van der Waals surface area contributed by atoms with Gasteiger partial charge in [0.2, 0.25) is 0 Å². The molecule has 0 aliphatic carbocycles. The topological polar surface area (TPSA) is 141 Å². The molecule has 4 N–H and O–H groups in total. The van der Waals surface area contributed by atoms with Crippen molar-refractivity contribution in [1.29, 1.82) is 0 Å². The summed E-state index contributed by atoms with van der Waals surface area (Å²) in [5.41, 5.74) is 1.04. The minimum absolute atomic E-state index is 0.0294. The Hall–Kier alpha value is -3.04. The molecule has 1 saturated heterocycles. The van der Waals surface area contributed by atoms with Crippen LogP contribution in [0, 0.1) is 6.92 Å². The molecule has 10 nitrogen and oxygen atoms in total. The predicted molar refractivity (Wildman–Crippen MR) is 119 cm³/mol. The van der Waals surface area contributed by atoms with Crippen molar-refractivity contribution in [2.24, 2.45) is 4.99 Å². The predicted octanol–water partition coefficient (Wildman–Crippen LogP) is 3.41. The van der Waals surface area contributed by atoms with E-state index >= 15 is 0 Å². The first kappa shape index (κ1) is 23.6. The maximum Gasteiger partial charge on any atom is 0.348 e. The first-order valence-corrected chi connectivity index (χ1v) is 11.7. The van der Waals surface area contributed by atoms with E-state index in [-0.39, 0.29) is 18.9 Å². The molecule has 11 heteroatoms. The van der Waals surface area contributed by atoms with E-state index in [1.807, 2.05) is 31.2 Å². The van der Waals surface area contributed by atoms with Gasteiger partial charge in [0, 0.05) is 5.69 Å². The third-order valence-corrected chi connectivity index (χ3v) is 5.68. The normalized spacial score (nSPS) is 19.8. The highest BCUT2D eigenvalue weighted by Gasteiger charge is 2.48. The molecule has 1 atom stereocenters. The molecule has 32 heavy (non-hydrogen) atoms. The highest BCUT2D eigenvalue weighted by atomic mass is 31.2. The lowest BCUT2D eigenvalue weighted by molar-refractivity contribution is -0.0681. The van der Waals surface area contributed by atoms with Crippen molar-refractivity contribution in [2.45, 2.75) is 32.4 Å². The number of para-hydroxylation sites is 1. The van der Waals surface area contributed by atoms with E-state index in [1.54, 1.807) is 30.3 Å². The van der Waals surface area contributed by atoms with Gasteiger partial charge in [-0.05, 0) is 38.0 Å². The van der Waals surface area contributed by atoms with E-state index in [9.17, 15) is 23.9 Å². The second-order valence-electron chi connectivity index (χ2n) is 7.69. The number of nitrogens with one attached hydrogen (secondary N) is 2. The van der Waals surface area contributed by atoms with E-state index in [0.717, 1.165) is 16.2 Å². The maximum atomic E-state index is 12.6. The number of anilines is 1. The number of amides is 4. The summed E-state index contributed by atoms with van der Waals surface area (Å²) in [4.78, 5) is 53.4. The number of aliphatic imine (C=N–C) groups is 1. The maximum absolute atomic E-state index is 12.6. The van der Waals surface area contributed by atoms with E-state index in [2.05, 4.69) is 15.6 Å². The molecule has 0 spiro atoms. The summed E-state index contributed by atoms with van der Waals surface area (Å²) >= 11 is 0. The van der Waals surface area contributed by atoms with E-state index in [4.69, 9.17) is 4.84 Å². The Labute approximate surface area is 185 Å². The smallest absolute Gasteiger partial charge is 0.324 e. The van der Waals surface area contributed by atoms with Gasteiger partial charge in [0.1, 0.15) is 12.1 Å². The van der Waals surface area contributed by atoms with Crippen LogP contribution in [0.2, 0.25) is 0 Å². The van der Waals surface area contributed by atoms with Crippen LogP contribution in [0.15, 0.2) is 59.6 Å². The zero-order chi connectivity index (χ0) is 23.4. The van der Waals surface area contributed by atoms with Gasteiger partial charge in [0.15, 0.2) is 5.84 Å². The molecule has 1 fully saturated rings. The fourth-order valence-corrected chi connectivity index (χ4v) is 3.83. The molecule has 1 aliphatic rings. The Balaban J connectivity index is 1.85. The van der Waals surface area contributed by atoms with E-state index in [0.29, 0.717) is 5.69 Å². The molecular formula is C21H25N4O6P. The molecule has 2 aromatic rings. The van der Waals surface area contributed by atoms with E-state index in [1.165, 1.54) is 6.92 Å². The van der Waals surface area contributed by atoms with Gasteiger partial charge >= 0.3 is 19.7 Å². The molecule has 0 bridgehead atoms. The molecule has 2 aromatic carbocycles. The minimum atomic E-state index is -4.35. The first-order chi connectivity index (χ1) is 15.1. The van der Waals surface area contributed by atoms with Gasteiger partial charge in [0.25, 0.3) is 0 Å². The summed E-state index contributed by atoms with van der Waals surface area (Å²) in [6.45, 7) is 3.51. The van der Waals surface area contributed by atoms with Crippen LogP contribution < -0.4 is 10.6 Å². The lowest BCUT2D eigenvalue weighted by Crippen LogP contribution is -2.45. The Kier molecular flexibility index (Phi) is 7.10. The molecule has 1 heterocycles. The van der Waals surface area contributed by atoms with Crippen molar-refractivity contribution in [3.05, 3.63) is 65.7 Å². The van der Waals surface area contributed by atoms with Crippen LogP contribution in [0.5, 0.6) is 0 Å². The quantitative estimate of drug-likeness (QED) is 0.467. The Morgan fingerprint density at radius 3 is 2.47 bits per heavy atom. The van der Waals surface area contributed by atoms with Crippen LogP contribution in [0.3, 0.4) is 0 Å². The standard InChI is InChI=1S/C21H25N4O6P/c1-15-8-10-16(11-9-15)14-31-25-18(23-19(26)22-17-6-4-3-5-7-17)21(2,24-20(25)27)12-13-32(28,29)30/h3-11H,12-14H2,1-2H3,(H,22,26)(H,24,27)(H2,28,29,30). The molecule has 0 radical (unpaired) electrons. The Bertz CT molecular complexity index is 1050. The van der Waals surface area contributed by atoms with Crippen LogP contribution in [0.25, 0.3) is 0 Å². The average Bonchev–Trinajstić information content (AvgIpc) is 2.96. The summed E-state index contributed by atoms with van der Waals surface area (Å²) in [6, 6.07) is 14.7. The fraction of sp³-hybridized carbons (Fsp3) is 0.286.